The summed E-state index contributed by atoms with van der Waals surface area (Å²) >= 11 is 0. The van der Waals surface area contributed by atoms with Gasteiger partial charge in [0.15, 0.2) is 0 Å². The third-order valence-electron chi connectivity index (χ3n) is 2.45. The second-order valence-corrected chi connectivity index (χ2v) is 6.60. The predicted molar refractivity (Wildman–Crippen MR) is 71.9 cm³/mol. The third-order valence-corrected chi connectivity index (χ3v) is 2.98. The number of rotatable bonds is 6. The minimum Gasteiger partial charge on any atom is -0.328 e. The smallest absolute Gasteiger partial charge is 0.328 e. The van der Waals surface area contributed by atoms with Crippen molar-refractivity contribution in [1.29, 1.82) is 0 Å². The van der Waals surface area contributed by atoms with Gasteiger partial charge in [0.25, 0.3) is 5.69 Å². The average Bonchev–Trinajstić information content (AvgIpc) is 2.24. The Morgan fingerprint density at radius 2 is 1.80 bits per heavy atom. The number of nitrogens with zero attached hydrogens (tertiary/aromatic N) is 2. The Morgan fingerprint density at radius 3 is 2.15 bits per heavy atom. The zero-order valence-corrected chi connectivity index (χ0v) is 12.4. The van der Waals surface area contributed by atoms with Crippen molar-refractivity contribution in [2.45, 2.75) is 6.10 Å². The highest BCUT2D eigenvalue weighted by Crippen LogP contribution is 2.42. The molecule has 112 valence electrons. The van der Waals surface area contributed by atoms with Crippen LogP contribution in [0.5, 0.6) is 0 Å². The Morgan fingerprint density at radius 1 is 1.30 bits per heavy atom. The Kier molecular flexibility index (Phi) is 5.01. The zero-order chi connectivity index (χ0) is 15.6. The lowest BCUT2D eigenvalue weighted by Crippen LogP contribution is -2.38. The van der Waals surface area contributed by atoms with Crippen LogP contribution in [0.1, 0.15) is 11.7 Å². The molecule has 1 aromatic rings. The number of hydrogen-bond donors (Lipinski definition) is 2. The fourth-order valence-corrected chi connectivity index (χ4v) is 2.19. The van der Waals surface area contributed by atoms with Gasteiger partial charge in [-0.15, -0.1) is 0 Å². The Balaban J connectivity index is 3.03. The van der Waals surface area contributed by atoms with Gasteiger partial charge in [0, 0.05) is 12.1 Å². The highest BCUT2D eigenvalue weighted by atomic mass is 31.2. The second kappa shape index (κ2) is 5.99. The molecule has 0 amide bonds. The molecule has 9 heteroatoms. The highest BCUT2D eigenvalue weighted by Gasteiger charge is 2.28. The van der Waals surface area contributed by atoms with E-state index in [0.717, 1.165) is 0 Å². The lowest BCUT2D eigenvalue weighted by molar-refractivity contribution is -0.874. The zero-order valence-electron chi connectivity index (χ0n) is 11.5. The molecule has 1 rings (SSSR count). The molecule has 0 saturated heterocycles. The van der Waals surface area contributed by atoms with Crippen molar-refractivity contribution in [3.8, 4) is 0 Å². The van der Waals surface area contributed by atoms with E-state index >= 15 is 0 Å². The quantitative estimate of drug-likeness (QED) is 0.356. The number of likely N-dealkylation sites (N-methyl/N-ethyl adjacent to an activating group) is 1. The molecule has 20 heavy (non-hydrogen) atoms. The van der Waals surface area contributed by atoms with Crippen LogP contribution in [-0.2, 0) is 9.09 Å². The maximum Gasteiger partial charge on any atom is 0.470 e. The van der Waals surface area contributed by atoms with Crippen LogP contribution in [-0.4, -0.2) is 46.9 Å². The van der Waals surface area contributed by atoms with Crippen molar-refractivity contribution in [1.82, 2.24) is 0 Å². The number of hydrogen-bond acceptors (Lipinski definition) is 4. The molecule has 0 aliphatic rings. The van der Waals surface area contributed by atoms with Gasteiger partial charge in [-0.25, -0.2) is 4.57 Å². The van der Waals surface area contributed by atoms with Gasteiger partial charge in [-0.1, -0.05) is 0 Å². The molecule has 0 aliphatic carbocycles. The lowest BCUT2D eigenvalue weighted by Gasteiger charge is -2.29. The third kappa shape index (κ3) is 5.77. The van der Waals surface area contributed by atoms with Crippen LogP contribution >= 0.6 is 7.82 Å². The van der Waals surface area contributed by atoms with Crippen molar-refractivity contribution in [2.75, 3.05) is 27.7 Å². The second-order valence-electron chi connectivity index (χ2n) is 5.41. The Hall–Kier alpha value is -1.31. The minimum absolute atomic E-state index is 0.0890. The van der Waals surface area contributed by atoms with Gasteiger partial charge in [0.1, 0.15) is 12.6 Å². The van der Waals surface area contributed by atoms with Crippen molar-refractivity contribution in [3.05, 3.63) is 39.9 Å². The molecule has 0 spiro atoms. The Labute approximate surface area is 116 Å². The molecule has 0 heterocycles. The largest absolute Gasteiger partial charge is 0.470 e. The summed E-state index contributed by atoms with van der Waals surface area (Å²) in [5.41, 5.74) is 0.390. The molecule has 0 radical (unpaired) electrons. The van der Waals surface area contributed by atoms with Gasteiger partial charge in [0.05, 0.1) is 26.1 Å². The van der Waals surface area contributed by atoms with Crippen LogP contribution in [0.4, 0.5) is 5.69 Å². The molecule has 0 aliphatic heterocycles. The van der Waals surface area contributed by atoms with Crippen molar-refractivity contribution in [2.24, 2.45) is 0 Å². The summed E-state index contributed by atoms with van der Waals surface area (Å²) in [7, 11) is 0.898. The van der Waals surface area contributed by atoms with Crippen LogP contribution in [0, 0.1) is 10.1 Å². The first kappa shape index (κ1) is 16.7. The van der Waals surface area contributed by atoms with Crippen LogP contribution in [0.2, 0.25) is 0 Å². The maximum absolute atomic E-state index is 11.0. The van der Waals surface area contributed by atoms with E-state index in [0.29, 0.717) is 16.6 Å². The van der Waals surface area contributed by atoms with E-state index in [-0.39, 0.29) is 5.69 Å². The topological polar surface area (TPSA) is 110 Å². The molecule has 8 nitrogen and oxygen atoms in total. The monoisotopic (exact) mass is 305 g/mol. The molecule has 0 aromatic heterocycles. The van der Waals surface area contributed by atoms with Crippen molar-refractivity contribution < 1.29 is 28.3 Å². The standard InChI is InChI=1S/C11H17N2O6P/c1-13(2,3)8-11(19-20(16,17)18)9-4-6-10(7-5-9)12(14)15/h4-7,11H,8H2,1-3H3,(H-,16,17,18)/p+1/t11-/m1/s1. The minimum atomic E-state index is -4.65. The molecule has 0 fully saturated rings. The summed E-state index contributed by atoms with van der Waals surface area (Å²) in [5.74, 6) is 0. The summed E-state index contributed by atoms with van der Waals surface area (Å²) in [6.45, 7) is 0.308. The number of quaternary nitrogens is 1. The predicted octanol–water partition coefficient (Wildman–Crippen LogP) is 1.45. The lowest BCUT2D eigenvalue weighted by atomic mass is 10.1. The number of phosphoric acid groups is 1. The Bertz CT molecular complexity index is 519. The molecular formula is C11H18N2O6P+. The number of nitro benzene ring substituents is 1. The summed E-state index contributed by atoms with van der Waals surface area (Å²) in [6.07, 6.45) is -0.850. The van der Waals surface area contributed by atoms with Crippen molar-refractivity contribution >= 4 is 13.5 Å². The van der Waals surface area contributed by atoms with E-state index in [9.17, 15) is 14.7 Å². The molecule has 0 bridgehead atoms. The molecule has 0 unspecified atom stereocenters. The molecule has 2 N–H and O–H groups in total. The van der Waals surface area contributed by atoms with Crippen LogP contribution in [0.15, 0.2) is 24.3 Å². The van der Waals surface area contributed by atoms with E-state index in [1.807, 2.05) is 21.1 Å². The summed E-state index contributed by atoms with van der Waals surface area (Å²) in [5, 5.41) is 10.6. The number of benzene rings is 1. The highest BCUT2D eigenvalue weighted by molar-refractivity contribution is 7.46. The van der Waals surface area contributed by atoms with Gasteiger partial charge in [0.2, 0.25) is 0 Å². The SMILES string of the molecule is C[N+](C)(C)C[C@@H](OP(=O)(O)O)c1ccc([N+](=O)[O-])cc1. The first-order valence-corrected chi connectivity index (χ1v) is 7.30. The molecular weight excluding hydrogens is 287 g/mol. The van der Waals surface area contributed by atoms with Gasteiger partial charge in [-0.3, -0.25) is 14.6 Å². The summed E-state index contributed by atoms with van der Waals surface area (Å²) in [4.78, 5) is 28.0. The van der Waals surface area contributed by atoms with Gasteiger partial charge < -0.3 is 14.3 Å². The summed E-state index contributed by atoms with van der Waals surface area (Å²) in [6, 6.07) is 5.43. The van der Waals surface area contributed by atoms with Gasteiger partial charge >= 0.3 is 7.82 Å². The van der Waals surface area contributed by atoms with E-state index in [1.165, 1.54) is 24.3 Å². The fourth-order valence-electron chi connectivity index (χ4n) is 1.67. The van der Waals surface area contributed by atoms with E-state index in [4.69, 9.17) is 14.3 Å². The fraction of sp³-hybridized carbons (Fsp3) is 0.455. The molecule has 1 aromatic carbocycles. The van der Waals surface area contributed by atoms with Crippen LogP contribution in [0.3, 0.4) is 0 Å². The van der Waals surface area contributed by atoms with Crippen molar-refractivity contribution in [3.63, 3.8) is 0 Å². The maximum atomic E-state index is 11.0. The van der Waals surface area contributed by atoms with Gasteiger partial charge in [-0.05, 0) is 17.7 Å². The van der Waals surface area contributed by atoms with E-state index in [1.54, 1.807) is 0 Å². The number of non-ortho nitro benzene ring substituents is 1. The molecule has 0 saturated carbocycles. The molecule has 1 atom stereocenters. The number of nitro groups is 1. The van der Waals surface area contributed by atoms with E-state index < -0.39 is 18.8 Å². The van der Waals surface area contributed by atoms with E-state index in [2.05, 4.69) is 0 Å². The van der Waals surface area contributed by atoms with Crippen LogP contribution in [0.25, 0.3) is 0 Å². The first-order valence-electron chi connectivity index (χ1n) is 5.77. The average molecular weight is 305 g/mol. The summed E-state index contributed by atoms with van der Waals surface area (Å²) < 4.78 is 16.2. The number of phosphoric ester groups is 1. The normalized spacial score (nSPS) is 14.1. The van der Waals surface area contributed by atoms with Crippen LogP contribution < -0.4 is 0 Å². The van der Waals surface area contributed by atoms with Gasteiger partial charge in [-0.2, -0.15) is 0 Å². The first-order chi connectivity index (χ1) is 8.98.